The number of rotatable bonds is 6. The van der Waals surface area contributed by atoms with Crippen molar-refractivity contribution in [1.82, 2.24) is 4.90 Å². The van der Waals surface area contributed by atoms with Crippen LogP contribution < -0.4 is 0 Å². The zero-order valence-electron chi connectivity index (χ0n) is 10.5. The zero-order valence-corrected chi connectivity index (χ0v) is 11.4. The van der Waals surface area contributed by atoms with Gasteiger partial charge in [-0.1, -0.05) is 34.6 Å². The number of hydrogen-bond acceptors (Lipinski definition) is 2. The van der Waals surface area contributed by atoms with Gasteiger partial charge >= 0.3 is 0 Å². The van der Waals surface area contributed by atoms with Crippen molar-refractivity contribution in [3.63, 3.8) is 0 Å². The molecule has 0 aliphatic heterocycles. The fraction of sp³-hybridized carbons (Fsp3) is 1.00. The van der Waals surface area contributed by atoms with Crippen LogP contribution in [0, 0.1) is 11.3 Å². The summed E-state index contributed by atoms with van der Waals surface area (Å²) in [6.07, 6.45) is 1.25. The molecule has 0 aromatic heterocycles. The molecule has 0 spiro atoms. The van der Waals surface area contributed by atoms with Crippen molar-refractivity contribution in [3.05, 3.63) is 0 Å². The molecule has 0 heterocycles. The van der Waals surface area contributed by atoms with Crippen molar-refractivity contribution >= 4 is 12.6 Å². The lowest BCUT2D eigenvalue weighted by atomic mass is 9.81. The van der Waals surface area contributed by atoms with E-state index in [9.17, 15) is 0 Å². The first-order valence-corrected chi connectivity index (χ1v) is 6.42. The van der Waals surface area contributed by atoms with Gasteiger partial charge in [0, 0.05) is 6.54 Å². The highest BCUT2D eigenvalue weighted by molar-refractivity contribution is 7.80. The topological polar surface area (TPSA) is 3.24 Å². The summed E-state index contributed by atoms with van der Waals surface area (Å²) >= 11 is 4.46. The van der Waals surface area contributed by atoms with E-state index in [0.29, 0.717) is 11.3 Å². The van der Waals surface area contributed by atoms with Crippen LogP contribution >= 0.6 is 12.6 Å². The predicted octanol–water partition coefficient (Wildman–Crippen LogP) is 3.31. The van der Waals surface area contributed by atoms with Crippen LogP contribution in [0.15, 0.2) is 0 Å². The van der Waals surface area contributed by atoms with E-state index >= 15 is 0 Å². The lowest BCUT2D eigenvalue weighted by molar-refractivity contribution is 0.170. The van der Waals surface area contributed by atoms with Crippen LogP contribution in [0.25, 0.3) is 0 Å². The maximum absolute atomic E-state index is 4.46. The Kier molecular flexibility index (Phi) is 6.88. The molecule has 0 aromatic rings. The minimum absolute atomic E-state index is 0.378. The fourth-order valence-corrected chi connectivity index (χ4v) is 2.28. The smallest absolute Gasteiger partial charge is 0.00223 e. The van der Waals surface area contributed by atoms with Crippen LogP contribution in [-0.2, 0) is 0 Å². The molecule has 0 radical (unpaired) electrons. The number of hydrogen-bond donors (Lipinski definition) is 1. The lowest BCUT2D eigenvalue weighted by Gasteiger charge is -2.34. The molecule has 2 heteroatoms. The fourth-order valence-electron chi connectivity index (χ4n) is 1.61. The van der Waals surface area contributed by atoms with E-state index in [1.807, 2.05) is 0 Å². The Morgan fingerprint density at radius 2 is 1.79 bits per heavy atom. The van der Waals surface area contributed by atoms with E-state index in [1.54, 1.807) is 0 Å². The van der Waals surface area contributed by atoms with Gasteiger partial charge in [0.2, 0.25) is 0 Å². The summed E-state index contributed by atoms with van der Waals surface area (Å²) in [5.41, 5.74) is 0.378. The first kappa shape index (κ1) is 14.3. The third kappa shape index (κ3) is 5.26. The summed E-state index contributed by atoms with van der Waals surface area (Å²) in [6, 6.07) is 0. The van der Waals surface area contributed by atoms with E-state index in [4.69, 9.17) is 0 Å². The van der Waals surface area contributed by atoms with Crippen LogP contribution in [-0.4, -0.2) is 30.3 Å². The SMILES string of the molecule is CCCN(CC)CC(CS)C(C)(C)C. The highest BCUT2D eigenvalue weighted by atomic mass is 32.1. The average Bonchev–Trinajstić information content (AvgIpc) is 2.10. The summed E-state index contributed by atoms with van der Waals surface area (Å²) in [4.78, 5) is 2.53. The Balaban J connectivity index is 4.14. The quantitative estimate of drug-likeness (QED) is 0.668. The molecule has 0 saturated carbocycles. The summed E-state index contributed by atoms with van der Waals surface area (Å²) in [5.74, 6) is 1.68. The van der Waals surface area contributed by atoms with Crippen LogP contribution in [0.1, 0.15) is 41.0 Å². The van der Waals surface area contributed by atoms with Gasteiger partial charge in [0.1, 0.15) is 0 Å². The molecule has 86 valence electrons. The number of nitrogens with zero attached hydrogens (tertiary/aromatic N) is 1. The monoisotopic (exact) mass is 217 g/mol. The van der Waals surface area contributed by atoms with Gasteiger partial charge in [-0.3, -0.25) is 0 Å². The Morgan fingerprint density at radius 1 is 1.21 bits per heavy atom. The molecule has 0 aliphatic rings. The maximum Gasteiger partial charge on any atom is 0.00223 e. The molecule has 0 amide bonds. The largest absolute Gasteiger partial charge is 0.303 e. The molecule has 0 aromatic carbocycles. The van der Waals surface area contributed by atoms with Crippen molar-refractivity contribution in [3.8, 4) is 0 Å². The first-order chi connectivity index (χ1) is 6.45. The van der Waals surface area contributed by atoms with E-state index in [2.05, 4.69) is 52.1 Å². The Labute approximate surface area is 95.7 Å². The second kappa shape index (κ2) is 6.73. The standard InChI is InChI=1S/C12H27NS/c1-6-8-13(7-2)9-11(10-14)12(3,4)5/h11,14H,6-10H2,1-5H3. The average molecular weight is 217 g/mol. The van der Waals surface area contributed by atoms with Crippen molar-refractivity contribution in [1.29, 1.82) is 0 Å². The van der Waals surface area contributed by atoms with Gasteiger partial charge in [0.25, 0.3) is 0 Å². The molecule has 0 aliphatic carbocycles. The van der Waals surface area contributed by atoms with Gasteiger partial charge in [0.05, 0.1) is 0 Å². The minimum atomic E-state index is 0.378. The van der Waals surface area contributed by atoms with Crippen LogP contribution in [0.2, 0.25) is 0 Å². The molecule has 1 nitrogen and oxygen atoms in total. The Hall–Kier alpha value is 0.310. The van der Waals surface area contributed by atoms with Gasteiger partial charge in [0.15, 0.2) is 0 Å². The summed E-state index contributed by atoms with van der Waals surface area (Å²) in [6.45, 7) is 15.0. The van der Waals surface area contributed by atoms with Crippen molar-refractivity contribution in [2.45, 2.75) is 41.0 Å². The maximum atomic E-state index is 4.46. The molecule has 0 fully saturated rings. The third-order valence-electron chi connectivity index (χ3n) is 2.91. The molecule has 0 saturated heterocycles. The van der Waals surface area contributed by atoms with Crippen molar-refractivity contribution in [2.75, 3.05) is 25.4 Å². The molecule has 14 heavy (non-hydrogen) atoms. The van der Waals surface area contributed by atoms with Crippen molar-refractivity contribution in [2.24, 2.45) is 11.3 Å². The van der Waals surface area contributed by atoms with E-state index in [0.717, 1.165) is 12.3 Å². The van der Waals surface area contributed by atoms with Gasteiger partial charge in [-0.25, -0.2) is 0 Å². The Morgan fingerprint density at radius 3 is 2.07 bits per heavy atom. The molecular formula is C12H27NS. The molecule has 1 unspecified atom stereocenters. The molecule has 0 bridgehead atoms. The summed E-state index contributed by atoms with van der Waals surface area (Å²) in [5, 5.41) is 0. The normalized spacial score (nSPS) is 14.8. The second-order valence-corrected chi connectivity index (χ2v) is 5.50. The molecule has 1 atom stereocenters. The molecule has 0 rings (SSSR count). The van der Waals surface area contributed by atoms with Gasteiger partial charge in [-0.05, 0) is 36.6 Å². The summed E-state index contributed by atoms with van der Waals surface area (Å²) < 4.78 is 0. The Bertz CT molecular complexity index is 140. The summed E-state index contributed by atoms with van der Waals surface area (Å²) in [7, 11) is 0. The highest BCUT2D eigenvalue weighted by Gasteiger charge is 2.24. The highest BCUT2D eigenvalue weighted by Crippen LogP contribution is 2.27. The van der Waals surface area contributed by atoms with E-state index in [-0.39, 0.29) is 0 Å². The van der Waals surface area contributed by atoms with Gasteiger partial charge in [-0.2, -0.15) is 12.6 Å². The predicted molar refractivity (Wildman–Crippen MR) is 69.2 cm³/mol. The molecule has 0 N–H and O–H groups in total. The van der Waals surface area contributed by atoms with Gasteiger partial charge < -0.3 is 4.90 Å². The zero-order chi connectivity index (χ0) is 11.2. The van der Waals surface area contributed by atoms with E-state index in [1.165, 1.54) is 19.5 Å². The van der Waals surface area contributed by atoms with Crippen LogP contribution in [0.4, 0.5) is 0 Å². The second-order valence-electron chi connectivity index (χ2n) is 5.14. The molecular weight excluding hydrogens is 190 g/mol. The first-order valence-electron chi connectivity index (χ1n) is 5.78. The minimum Gasteiger partial charge on any atom is -0.303 e. The van der Waals surface area contributed by atoms with E-state index < -0.39 is 0 Å². The lowest BCUT2D eigenvalue weighted by Crippen LogP contribution is -2.36. The number of thiol groups is 1. The van der Waals surface area contributed by atoms with Crippen LogP contribution in [0.5, 0.6) is 0 Å². The van der Waals surface area contributed by atoms with Crippen LogP contribution in [0.3, 0.4) is 0 Å². The third-order valence-corrected chi connectivity index (χ3v) is 3.35. The van der Waals surface area contributed by atoms with Crippen molar-refractivity contribution < 1.29 is 0 Å². The van der Waals surface area contributed by atoms with Gasteiger partial charge in [-0.15, -0.1) is 0 Å².